The van der Waals surface area contributed by atoms with Gasteiger partial charge in [-0.25, -0.2) is 0 Å². The Morgan fingerprint density at radius 3 is 1.59 bits per heavy atom. The van der Waals surface area contributed by atoms with Gasteiger partial charge in [0.05, 0.1) is 5.97 Å². The molecule has 0 radical (unpaired) electrons. The van der Waals surface area contributed by atoms with Gasteiger partial charge in [-0.2, -0.15) is 0 Å². The van der Waals surface area contributed by atoms with E-state index in [0.29, 0.717) is 0 Å². The smallest absolute Gasteiger partial charge is 0.550 e. The summed E-state index contributed by atoms with van der Waals surface area (Å²) in [4.78, 5) is 39.5. The molecular formula is C10H20N3NaO8. The zero-order chi connectivity index (χ0) is 16.3. The second kappa shape index (κ2) is 16.1. The van der Waals surface area contributed by atoms with Gasteiger partial charge in [-0.05, 0) is 19.3 Å². The Kier molecular flexibility index (Phi) is 21.2. The molecule has 124 valence electrons. The summed E-state index contributed by atoms with van der Waals surface area (Å²) in [5.74, 6) is -4.95. The van der Waals surface area contributed by atoms with Crippen LogP contribution in [0.5, 0.6) is 0 Å². The van der Waals surface area contributed by atoms with Gasteiger partial charge in [0.2, 0.25) is 0 Å². The number of carbonyl (C=O) groups excluding carboxylic acids is 2. The van der Waals surface area contributed by atoms with Crippen LogP contribution in [-0.4, -0.2) is 46.2 Å². The van der Waals surface area contributed by atoms with E-state index in [1.807, 2.05) is 0 Å². The molecule has 0 bridgehead atoms. The summed E-state index contributed by atoms with van der Waals surface area (Å²) in [6, 6.07) is -2.27. The molecule has 12 heteroatoms. The first-order valence-corrected chi connectivity index (χ1v) is 5.44. The van der Waals surface area contributed by atoms with Crippen LogP contribution in [0.2, 0.25) is 0 Å². The molecule has 22 heavy (non-hydrogen) atoms. The second-order valence-corrected chi connectivity index (χ2v) is 3.71. The largest absolute Gasteiger partial charge is 1.00 e. The summed E-state index contributed by atoms with van der Waals surface area (Å²) < 4.78 is 0. The van der Waals surface area contributed by atoms with Crippen molar-refractivity contribution >= 4 is 23.9 Å². The van der Waals surface area contributed by atoms with Gasteiger partial charge in [-0.15, -0.1) is 0 Å². The van der Waals surface area contributed by atoms with E-state index in [4.69, 9.17) is 21.7 Å². The Balaban J connectivity index is -0.000000135. The molecule has 0 aliphatic heterocycles. The van der Waals surface area contributed by atoms with Crippen LogP contribution in [0, 0.1) is 0 Å². The topological polar surface area (TPSA) is 243 Å². The zero-order valence-corrected chi connectivity index (χ0v) is 14.5. The van der Waals surface area contributed by atoms with Crippen molar-refractivity contribution in [3.8, 4) is 0 Å². The van der Waals surface area contributed by atoms with Gasteiger partial charge in [0.15, 0.2) is 0 Å². The Bertz CT molecular complexity index is 332. The minimum absolute atomic E-state index is 0. The molecule has 2 atom stereocenters. The Morgan fingerprint density at radius 1 is 0.909 bits per heavy atom. The van der Waals surface area contributed by atoms with Gasteiger partial charge in [0.25, 0.3) is 0 Å². The Labute approximate surface area is 148 Å². The average molecular weight is 333 g/mol. The van der Waals surface area contributed by atoms with E-state index in [1.54, 1.807) is 0 Å². The van der Waals surface area contributed by atoms with Crippen LogP contribution in [0.4, 0.5) is 0 Å². The normalized spacial score (nSPS) is 11.4. The number of aliphatic carboxylic acids is 4. The molecule has 0 saturated heterocycles. The Morgan fingerprint density at radius 2 is 1.32 bits per heavy atom. The molecule has 0 aromatic carbocycles. The van der Waals surface area contributed by atoms with Gasteiger partial charge in [-0.1, -0.05) is 0 Å². The number of rotatable bonds is 8. The number of carboxylic acid groups (broad SMARTS) is 4. The third-order valence-corrected chi connectivity index (χ3v) is 1.95. The van der Waals surface area contributed by atoms with Crippen molar-refractivity contribution in [2.45, 2.75) is 37.8 Å². The predicted octanol–water partition coefficient (Wildman–Crippen LogP) is -6.76. The van der Waals surface area contributed by atoms with Crippen molar-refractivity contribution in [2.24, 2.45) is 11.5 Å². The maximum Gasteiger partial charge on any atom is 1.00 e. The van der Waals surface area contributed by atoms with Crippen LogP contribution < -0.4 is 57.4 Å². The van der Waals surface area contributed by atoms with Crippen LogP contribution >= 0.6 is 0 Å². The monoisotopic (exact) mass is 333 g/mol. The van der Waals surface area contributed by atoms with E-state index < -0.39 is 36.0 Å². The molecule has 0 aliphatic carbocycles. The zero-order valence-electron chi connectivity index (χ0n) is 12.5. The van der Waals surface area contributed by atoms with Gasteiger partial charge < -0.3 is 47.6 Å². The van der Waals surface area contributed by atoms with Crippen molar-refractivity contribution < 1.29 is 69.2 Å². The summed E-state index contributed by atoms with van der Waals surface area (Å²) in [7, 11) is 0. The van der Waals surface area contributed by atoms with E-state index in [0.717, 1.165) is 0 Å². The standard InChI is InChI=1S/2C5H9NO4.H3N.Na/c2*6-3(5(9)10)1-2-4(7)8;;/h2*3H,1-2,6H2,(H,7,8)(H,9,10);1H3;/q;;;+1/p-1/t2*3-;;/m00../s1. The second-order valence-electron chi connectivity index (χ2n) is 3.71. The third kappa shape index (κ3) is 21.1. The molecule has 11 nitrogen and oxygen atoms in total. The first-order valence-electron chi connectivity index (χ1n) is 5.44. The average Bonchev–Trinajstić information content (AvgIpc) is 2.33. The molecule has 0 spiro atoms. The quantitative estimate of drug-likeness (QED) is 0.262. The number of carbonyl (C=O) groups is 4. The van der Waals surface area contributed by atoms with Crippen LogP contribution in [0.3, 0.4) is 0 Å². The maximum absolute atomic E-state index is 9.99. The van der Waals surface area contributed by atoms with E-state index in [9.17, 15) is 29.4 Å². The van der Waals surface area contributed by atoms with Gasteiger partial charge in [0.1, 0.15) is 6.04 Å². The molecule has 0 fully saturated rings. The number of quaternary nitrogens is 1. The number of carboxylic acids is 4. The molecule has 0 aromatic heterocycles. The number of hydrogen-bond donors (Lipinski definition) is 5. The van der Waals surface area contributed by atoms with Crippen molar-refractivity contribution in [3.05, 3.63) is 0 Å². The molecule has 0 aromatic rings. The minimum atomic E-state index is -1.44. The molecule has 10 N–H and O–H groups in total. The van der Waals surface area contributed by atoms with Crippen LogP contribution in [-0.2, 0) is 19.2 Å². The maximum atomic E-state index is 9.99. The first-order chi connectivity index (χ1) is 9.07. The van der Waals surface area contributed by atoms with Gasteiger partial charge in [-0.3, -0.25) is 9.59 Å². The summed E-state index contributed by atoms with van der Waals surface area (Å²) in [6.45, 7) is 0. The first kappa shape index (κ1) is 28.9. The SMILES string of the molecule is N[C@@H](CCC(=O)O)C(=O)O.N[C@@H](CCC(=O)[O-])C(=O)[O-].[NH4+].[Na+]. The van der Waals surface area contributed by atoms with E-state index in [1.165, 1.54) is 0 Å². The summed E-state index contributed by atoms with van der Waals surface area (Å²) in [6.07, 6.45) is -0.724. The van der Waals surface area contributed by atoms with Crippen molar-refractivity contribution in [1.82, 2.24) is 6.15 Å². The van der Waals surface area contributed by atoms with Crippen LogP contribution in [0.15, 0.2) is 0 Å². The summed E-state index contributed by atoms with van der Waals surface area (Å²) in [5.41, 5.74) is 9.91. The summed E-state index contributed by atoms with van der Waals surface area (Å²) >= 11 is 0. The molecule has 0 amide bonds. The molecule has 0 unspecified atom stereocenters. The minimum Gasteiger partial charge on any atom is -0.550 e. The third-order valence-electron chi connectivity index (χ3n) is 1.95. The fraction of sp³-hybridized carbons (Fsp3) is 0.600. The van der Waals surface area contributed by atoms with E-state index in [-0.39, 0.29) is 61.4 Å². The molecular weight excluding hydrogens is 313 g/mol. The predicted molar refractivity (Wildman–Crippen MR) is 65.7 cm³/mol. The summed E-state index contributed by atoms with van der Waals surface area (Å²) in [5, 5.41) is 35.9. The van der Waals surface area contributed by atoms with Crippen molar-refractivity contribution in [2.75, 3.05) is 0 Å². The fourth-order valence-electron chi connectivity index (χ4n) is 0.794. The van der Waals surface area contributed by atoms with Gasteiger partial charge in [0, 0.05) is 18.4 Å². The van der Waals surface area contributed by atoms with Crippen LogP contribution in [0.25, 0.3) is 0 Å². The van der Waals surface area contributed by atoms with Crippen molar-refractivity contribution in [3.63, 3.8) is 0 Å². The number of hydrogen-bond acceptors (Lipinski definition) is 8. The van der Waals surface area contributed by atoms with Gasteiger partial charge >= 0.3 is 41.5 Å². The Hall–Kier alpha value is -1.24. The fourth-order valence-corrected chi connectivity index (χ4v) is 0.794. The number of nitrogens with two attached hydrogens (primary N) is 2. The molecule has 0 saturated carbocycles. The molecule has 0 aliphatic rings. The molecule has 0 rings (SSSR count). The van der Waals surface area contributed by atoms with Crippen LogP contribution in [0.1, 0.15) is 25.7 Å². The molecule has 0 heterocycles. The van der Waals surface area contributed by atoms with E-state index in [2.05, 4.69) is 0 Å². The van der Waals surface area contributed by atoms with E-state index >= 15 is 0 Å². The van der Waals surface area contributed by atoms with Crippen molar-refractivity contribution in [1.29, 1.82) is 0 Å².